The van der Waals surface area contributed by atoms with Crippen molar-refractivity contribution in [3.8, 4) is 17.1 Å². The van der Waals surface area contributed by atoms with Gasteiger partial charge in [0.2, 0.25) is 0 Å². The molecule has 2 aromatic carbocycles. The molecule has 0 aliphatic heterocycles. The molecule has 0 N–H and O–H groups in total. The summed E-state index contributed by atoms with van der Waals surface area (Å²) in [5, 5.41) is 0.491. The summed E-state index contributed by atoms with van der Waals surface area (Å²) in [5.41, 5.74) is 2.63. The van der Waals surface area contributed by atoms with E-state index < -0.39 is 0 Å². The molecule has 0 aliphatic rings. The Balaban J connectivity index is 1.95. The molecule has 7 heteroatoms. The number of rotatable bonds is 6. The highest BCUT2D eigenvalue weighted by atomic mass is 79.9. The molecular weight excluding hydrogens is 514 g/mol. The van der Waals surface area contributed by atoms with E-state index >= 15 is 0 Å². The number of hydrogen-bond donors (Lipinski definition) is 0. The van der Waals surface area contributed by atoms with Gasteiger partial charge < -0.3 is 13.9 Å². The summed E-state index contributed by atoms with van der Waals surface area (Å²) in [7, 11) is 1.55. The van der Waals surface area contributed by atoms with Crippen LogP contribution < -0.4 is 10.2 Å². The van der Waals surface area contributed by atoms with Crippen molar-refractivity contribution in [3.63, 3.8) is 0 Å². The molecule has 0 bridgehead atoms. The smallest absolute Gasteiger partial charge is 0.196 e. The number of benzene rings is 2. The lowest BCUT2D eigenvalue weighted by Crippen LogP contribution is -2.12. The van der Waals surface area contributed by atoms with E-state index in [-0.39, 0.29) is 12.2 Å². The lowest BCUT2D eigenvalue weighted by Gasteiger charge is -2.13. The molecule has 4 aromatic rings. The average molecular weight is 531 g/mol. The van der Waals surface area contributed by atoms with E-state index in [1.807, 2.05) is 36.4 Å². The first-order valence-electron chi connectivity index (χ1n) is 9.14. The van der Waals surface area contributed by atoms with Crippen molar-refractivity contribution in [1.82, 2.24) is 4.98 Å². The third-order valence-electron chi connectivity index (χ3n) is 4.62. The summed E-state index contributed by atoms with van der Waals surface area (Å²) >= 11 is 7.06. The lowest BCUT2D eigenvalue weighted by atomic mass is 9.99. The van der Waals surface area contributed by atoms with Crippen molar-refractivity contribution >= 4 is 42.8 Å². The lowest BCUT2D eigenvalue weighted by molar-refractivity contribution is 0.0512. The number of halogens is 2. The molecule has 2 aromatic heterocycles. The molecule has 0 radical (unpaired) electrons. The number of fused-ring (bicyclic) bond motifs is 1. The van der Waals surface area contributed by atoms with Crippen LogP contribution in [0.25, 0.3) is 22.3 Å². The highest BCUT2D eigenvalue weighted by molar-refractivity contribution is 9.10. The fraction of sp³-hybridized carbons (Fsp3) is 0.130. The number of aromatic nitrogens is 1. The van der Waals surface area contributed by atoms with Gasteiger partial charge in [0, 0.05) is 41.4 Å². The number of ether oxygens (including phenoxy) is 2. The topological polar surface area (TPSA) is 61.6 Å². The van der Waals surface area contributed by atoms with Crippen LogP contribution in [0.2, 0.25) is 0 Å². The van der Waals surface area contributed by atoms with Gasteiger partial charge in [-0.2, -0.15) is 0 Å². The standard InChI is InChI=1S/C23H17Br2NO4/c1-28-13-29-15-8-9-17-20(12-15)30-22(16-6-2-3-7-19(16)24)18(21(17)27)11-14-5-4-10-26-23(14)25/h2-10,12H,11,13H2,1H3. The SMILES string of the molecule is COCOc1ccc2c(=O)c(Cc3cccnc3Br)c(-c3ccccc3Br)oc2c1. The van der Waals surface area contributed by atoms with Crippen LogP contribution in [0.3, 0.4) is 0 Å². The number of pyridine rings is 1. The fourth-order valence-corrected chi connectivity index (χ4v) is 4.05. The second-order valence-corrected chi connectivity index (χ2v) is 8.16. The van der Waals surface area contributed by atoms with Crippen LogP contribution in [-0.2, 0) is 11.2 Å². The third kappa shape index (κ3) is 4.19. The molecule has 30 heavy (non-hydrogen) atoms. The van der Waals surface area contributed by atoms with Gasteiger partial charge in [-0.1, -0.05) is 40.2 Å². The molecule has 0 unspecified atom stereocenters. The van der Waals surface area contributed by atoms with Crippen molar-refractivity contribution in [2.45, 2.75) is 6.42 Å². The summed E-state index contributed by atoms with van der Waals surface area (Å²) in [6, 6.07) is 16.6. The maximum atomic E-state index is 13.5. The van der Waals surface area contributed by atoms with Crippen LogP contribution in [-0.4, -0.2) is 18.9 Å². The average Bonchev–Trinajstić information content (AvgIpc) is 2.75. The largest absolute Gasteiger partial charge is 0.467 e. The minimum atomic E-state index is -0.0870. The summed E-state index contributed by atoms with van der Waals surface area (Å²) < 4.78 is 18.3. The zero-order valence-electron chi connectivity index (χ0n) is 16.0. The maximum Gasteiger partial charge on any atom is 0.196 e. The highest BCUT2D eigenvalue weighted by Gasteiger charge is 2.19. The Hall–Kier alpha value is -2.48. The fourth-order valence-electron chi connectivity index (χ4n) is 3.19. The van der Waals surface area contributed by atoms with Crippen LogP contribution in [0.5, 0.6) is 5.75 Å². The van der Waals surface area contributed by atoms with Crippen LogP contribution in [0.15, 0.2) is 79.1 Å². The van der Waals surface area contributed by atoms with Gasteiger partial charge in [0.1, 0.15) is 21.7 Å². The molecule has 0 fully saturated rings. The molecule has 0 saturated carbocycles. The Morgan fingerprint density at radius 2 is 1.90 bits per heavy atom. The van der Waals surface area contributed by atoms with Crippen LogP contribution in [0.1, 0.15) is 11.1 Å². The van der Waals surface area contributed by atoms with Gasteiger partial charge in [-0.15, -0.1) is 0 Å². The second kappa shape index (κ2) is 9.12. The minimum Gasteiger partial charge on any atom is -0.467 e. The van der Waals surface area contributed by atoms with Crippen molar-refractivity contribution in [2.24, 2.45) is 0 Å². The second-order valence-electron chi connectivity index (χ2n) is 6.56. The first-order valence-corrected chi connectivity index (χ1v) is 10.7. The normalized spacial score (nSPS) is 11.0. The monoisotopic (exact) mass is 529 g/mol. The molecule has 152 valence electrons. The van der Waals surface area contributed by atoms with Gasteiger partial charge in [-0.25, -0.2) is 4.98 Å². The summed E-state index contributed by atoms with van der Waals surface area (Å²) in [4.78, 5) is 17.8. The molecule has 2 heterocycles. The van der Waals surface area contributed by atoms with Gasteiger partial charge in [-0.05, 0) is 45.8 Å². The minimum absolute atomic E-state index is 0.0870. The predicted molar refractivity (Wildman–Crippen MR) is 123 cm³/mol. The van der Waals surface area contributed by atoms with Crippen LogP contribution in [0, 0.1) is 0 Å². The Kier molecular flexibility index (Phi) is 6.32. The summed E-state index contributed by atoms with van der Waals surface area (Å²) in [6.07, 6.45) is 2.08. The van der Waals surface area contributed by atoms with Crippen molar-refractivity contribution in [2.75, 3.05) is 13.9 Å². The van der Waals surface area contributed by atoms with Crippen molar-refractivity contribution in [1.29, 1.82) is 0 Å². The summed E-state index contributed by atoms with van der Waals surface area (Å²) in [5.74, 6) is 1.08. The molecule has 0 atom stereocenters. The number of nitrogens with zero attached hydrogens (tertiary/aromatic N) is 1. The first-order chi connectivity index (χ1) is 14.6. The Bertz CT molecular complexity index is 1270. The molecule has 5 nitrogen and oxygen atoms in total. The van der Waals surface area contributed by atoms with Crippen LogP contribution >= 0.6 is 31.9 Å². The Labute approximate surface area is 189 Å². The highest BCUT2D eigenvalue weighted by Crippen LogP contribution is 2.34. The zero-order chi connectivity index (χ0) is 21.1. The van der Waals surface area contributed by atoms with Crippen molar-refractivity contribution in [3.05, 3.63) is 91.2 Å². The van der Waals surface area contributed by atoms with Gasteiger partial charge in [0.25, 0.3) is 0 Å². The molecular formula is C23H17Br2NO4. The molecule has 0 spiro atoms. The quantitative estimate of drug-likeness (QED) is 0.227. The number of hydrogen-bond acceptors (Lipinski definition) is 5. The molecule has 0 amide bonds. The van der Waals surface area contributed by atoms with Crippen molar-refractivity contribution < 1.29 is 13.9 Å². The maximum absolute atomic E-state index is 13.5. The van der Waals surface area contributed by atoms with E-state index in [2.05, 4.69) is 36.8 Å². The van der Waals surface area contributed by atoms with E-state index in [0.29, 0.717) is 39.1 Å². The predicted octanol–water partition coefficient (Wildman–Crippen LogP) is 5.95. The van der Waals surface area contributed by atoms with E-state index in [9.17, 15) is 4.79 Å². The van der Waals surface area contributed by atoms with E-state index in [0.717, 1.165) is 15.6 Å². The van der Waals surface area contributed by atoms with Gasteiger partial charge in [0.15, 0.2) is 12.2 Å². The van der Waals surface area contributed by atoms with E-state index in [4.69, 9.17) is 13.9 Å². The van der Waals surface area contributed by atoms with E-state index in [1.54, 1.807) is 31.5 Å². The van der Waals surface area contributed by atoms with Gasteiger partial charge in [0.05, 0.1) is 5.39 Å². The third-order valence-corrected chi connectivity index (χ3v) is 6.03. The first kappa shape index (κ1) is 20.8. The Morgan fingerprint density at radius 3 is 2.67 bits per heavy atom. The van der Waals surface area contributed by atoms with E-state index in [1.165, 1.54) is 0 Å². The summed E-state index contributed by atoms with van der Waals surface area (Å²) in [6.45, 7) is 0.111. The van der Waals surface area contributed by atoms with Crippen LogP contribution in [0.4, 0.5) is 0 Å². The molecule has 0 saturated heterocycles. The number of methoxy groups -OCH3 is 1. The van der Waals surface area contributed by atoms with Gasteiger partial charge >= 0.3 is 0 Å². The Morgan fingerprint density at radius 1 is 1.07 bits per heavy atom. The van der Waals surface area contributed by atoms with Gasteiger partial charge in [-0.3, -0.25) is 4.79 Å². The molecule has 4 rings (SSSR count). The zero-order valence-corrected chi connectivity index (χ0v) is 19.2. The molecule has 0 aliphatic carbocycles.